The van der Waals surface area contributed by atoms with Gasteiger partial charge in [-0.15, -0.1) is 23.1 Å². The van der Waals surface area contributed by atoms with Gasteiger partial charge in [0, 0.05) is 17.2 Å². The number of thioether (sulfide) groups is 1. The summed E-state index contributed by atoms with van der Waals surface area (Å²) < 4.78 is 38.0. The highest BCUT2D eigenvalue weighted by Gasteiger charge is 2.23. The molecular weight excluding hydrogens is 526 g/mol. The molecule has 2 aromatic heterocycles. The zero-order valence-electron chi connectivity index (χ0n) is 19.6. The first-order chi connectivity index (χ1) is 17.7. The normalized spacial score (nSPS) is 10.9. The van der Waals surface area contributed by atoms with Crippen LogP contribution in [0.2, 0.25) is 0 Å². The van der Waals surface area contributed by atoms with Gasteiger partial charge in [-0.05, 0) is 41.6 Å². The Balaban J connectivity index is 1.41. The van der Waals surface area contributed by atoms with Gasteiger partial charge in [-0.2, -0.15) is 4.98 Å². The number of carbonyl (C=O) groups is 2. The lowest BCUT2D eigenvalue weighted by molar-refractivity contribution is -0.137. The Kier molecular flexibility index (Phi) is 8.14. The zero-order valence-corrected chi connectivity index (χ0v) is 21.2. The van der Waals surface area contributed by atoms with E-state index >= 15 is 0 Å². The Labute approximate surface area is 218 Å². The molecule has 0 saturated heterocycles. The highest BCUT2D eigenvalue weighted by atomic mass is 32.2. The van der Waals surface area contributed by atoms with Crippen LogP contribution in [-0.2, 0) is 17.9 Å². The molecule has 192 valence electrons. The predicted octanol–water partition coefficient (Wildman–Crippen LogP) is 4.81. The molecule has 0 bridgehead atoms. The van der Waals surface area contributed by atoms with E-state index in [0.29, 0.717) is 32.7 Å². The van der Waals surface area contributed by atoms with Crippen LogP contribution in [0, 0.1) is 18.6 Å². The Morgan fingerprint density at radius 3 is 2.54 bits per heavy atom. The zero-order chi connectivity index (χ0) is 26.5. The van der Waals surface area contributed by atoms with Crippen LogP contribution < -0.4 is 4.74 Å². The minimum Gasteiger partial charge on any atom is -0.486 e. The number of halogens is 2. The van der Waals surface area contributed by atoms with Crippen molar-refractivity contribution in [3.05, 3.63) is 75.8 Å². The number of carbonyl (C=O) groups excluding carboxylic acids is 1. The third-order valence-corrected chi connectivity index (χ3v) is 6.66. The van der Waals surface area contributed by atoms with E-state index in [9.17, 15) is 23.5 Å². The summed E-state index contributed by atoms with van der Waals surface area (Å²) in [5, 5.41) is 14.9. The van der Waals surface area contributed by atoms with Crippen LogP contribution in [0.1, 0.15) is 27.2 Å². The van der Waals surface area contributed by atoms with Gasteiger partial charge in [-0.25, -0.2) is 13.8 Å². The molecule has 4 rings (SSSR count). The Morgan fingerprint density at radius 1 is 1.16 bits per heavy atom. The molecule has 9 nitrogen and oxygen atoms in total. The second kappa shape index (κ2) is 11.5. The number of rotatable bonds is 10. The topological polar surface area (TPSA) is 119 Å². The van der Waals surface area contributed by atoms with Gasteiger partial charge in [-0.1, -0.05) is 17.3 Å². The standard InChI is InChI=1S/C24H20F2N4O5S2/c1-13-27-21(29-35-13)9-30(10-23(31)32)24(33)19-12-37-22(28-19)11-34-15-5-3-14(4-6-15)16-7-17(25)18(26)8-20(16)36-2/h3-8,12H,9-11H2,1-2H3,(H,31,32). The Bertz CT molecular complexity index is 1430. The van der Waals surface area contributed by atoms with E-state index < -0.39 is 30.1 Å². The molecule has 2 aromatic carbocycles. The van der Waals surface area contributed by atoms with Gasteiger partial charge in [0.2, 0.25) is 5.89 Å². The summed E-state index contributed by atoms with van der Waals surface area (Å²) in [5.74, 6) is -2.60. The van der Waals surface area contributed by atoms with Crippen LogP contribution in [0.3, 0.4) is 0 Å². The molecule has 0 aliphatic heterocycles. The highest BCUT2D eigenvalue weighted by molar-refractivity contribution is 7.98. The minimum absolute atomic E-state index is 0.0709. The van der Waals surface area contributed by atoms with Crippen molar-refractivity contribution in [1.29, 1.82) is 0 Å². The molecule has 0 spiro atoms. The lowest BCUT2D eigenvalue weighted by Crippen LogP contribution is -2.35. The van der Waals surface area contributed by atoms with Crippen molar-refractivity contribution < 1.29 is 32.7 Å². The minimum atomic E-state index is -1.19. The molecule has 0 radical (unpaired) electrons. The van der Waals surface area contributed by atoms with Crippen LogP contribution in [-0.4, -0.2) is 49.8 Å². The molecule has 0 saturated carbocycles. The number of ether oxygens (including phenoxy) is 1. The summed E-state index contributed by atoms with van der Waals surface area (Å²) in [6, 6.07) is 9.20. The van der Waals surface area contributed by atoms with E-state index in [-0.39, 0.29) is 24.7 Å². The summed E-state index contributed by atoms with van der Waals surface area (Å²) in [7, 11) is 0. The van der Waals surface area contributed by atoms with E-state index in [1.54, 1.807) is 37.4 Å². The van der Waals surface area contributed by atoms with Crippen molar-refractivity contribution in [2.24, 2.45) is 0 Å². The number of thiazole rings is 1. The molecule has 1 amide bonds. The van der Waals surface area contributed by atoms with Gasteiger partial charge in [0.25, 0.3) is 5.91 Å². The molecule has 0 aliphatic carbocycles. The number of benzene rings is 2. The van der Waals surface area contributed by atoms with E-state index in [1.807, 2.05) is 0 Å². The van der Waals surface area contributed by atoms with E-state index in [1.165, 1.54) is 40.6 Å². The monoisotopic (exact) mass is 546 g/mol. The predicted molar refractivity (Wildman–Crippen MR) is 131 cm³/mol. The molecule has 0 unspecified atom stereocenters. The van der Waals surface area contributed by atoms with Crippen LogP contribution in [0.15, 0.2) is 51.2 Å². The third-order valence-electron chi connectivity index (χ3n) is 5.06. The summed E-state index contributed by atoms with van der Waals surface area (Å²) in [6.45, 7) is 0.957. The van der Waals surface area contributed by atoms with Crippen molar-refractivity contribution >= 4 is 35.0 Å². The van der Waals surface area contributed by atoms with Gasteiger partial charge in [-0.3, -0.25) is 9.59 Å². The summed E-state index contributed by atoms with van der Waals surface area (Å²) in [4.78, 5) is 34.1. The molecule has 0 fully saturated rings. The van der Waals surface area contributed by atoms with Crippen LogP contribution >= 0.6 is 23.1 Å². The average molecular weight is 547 g/mol. The number of hydrogen-bond acceptors (Lipinski definition) is 9. The van der Waals surface area contributed by atoms with Crippen LogP contribution in [0.25, 0.3) is 11.1 Å². The van der Waals surface area contributed by atoms with Gasteiger partial charge in [0.1, 0.15) is 29.6 Å². The maximum Gasteiger partial charge on any atom is 0.323 e. The number of carboxylic acid groups (broad SMARTS) is 1. The maximum absolute atomic E-state index is 13.8. The third kappa shape index (κ3) is 6.49. The van der Waals surface area contributed by atoms with Gasteiger partial charge in [0.15, 0.2) is 17.5 Å². The molecule has 2 heterocycles. The first kappa shape index (κ1) is 26.2. The summed E-state index contributed by atoms with van der Waals surface area (Å²) >= 11 is 2.51. The quantitative estimate of drug-likeness (QED) is 0.280. The SMILES string of the molecule is CSc1cc(F)c(F)cc1-c1ccc(OCc2nc(C(=O)N(CC(=O)O)Cc3noc(C)n3)cs2)cc1. The van der Waals surface area contributed by atoms with Gasteiger partial charge >= 0.3 is 5.97 Å². The number of aromatic nitrogens is 3. The number of amides is 1. The Morgan fingerprint density at radius 2 is 1.89 bits per heavy atom. The van der Waals surface area contributed by atoms with E-state index in [0.717, 1.165) is 4.90 Å². The van der Waals surface area contributed by atoms with Crippen molar-refractivity contribution in [3.8, 4) is 16.9 Å². The fourth-order valence-electron chi connectivity index (χ4n) is 3.38. The lowest BCUT2D eigenvalue weighted by atomic mass is 10.1. The number of carboxylic acids is 1. The molecule has 37 heavy (non-hydrogen) atoms. The van der Waals surface area contributed by atoms with E-state index in [2.05, 4.69) is 15.1 Å². The molecule has 4 aromatic rings. The van der Waals surface area contributed by atoms with Gasteiger partial charge in [0.05, 0.1) is 6.54 Å². The highest BCUT2D eigenvalue weighted by Crippen LogP contribution is 2.33. The fraction of sp³-hybridized carbons (Fsp3) is 0.208. The Hall–Kier alpha value is -3.84. The van der Waals surface area contributed by atoms with Crippen molar-refractivity contribution in [2.75, 3.05) is 12.8 Å². The van der Waals surface area contributed by atoms with Crippen molar-refractivity contribution in [2.45, 2.75) is 25.0 Å². The van der Waals surface area contributed by atoms with E-state index in [4.69, 9.17) is 9.26 Å². The first-order valence-corrected chi connectivity index (χ1v) is 12.8. The molecule has 1 N–H and O–H groups in total. The van der Waals surface area contributed by atoms with Crippen molar-refractivity contribution in [1.82, 2.24) is 20.0 Å². The van der Waals surface area contributed by atoms with Crippen LogP contribution in [0.5, 0.6) is 5.75 Å². The number of nitrogens with zero attached hydrogens (tertiary/aromatic N) is 4. The van der Waals surface area contributed by atoms with Crippen LogP contribution in [0.4, 0.5) is 8.78 Å². The molecular formula is C24H20F2N4O5S2. The lowest BCUT2D eigenvalue weighted by Gasteiger charge is -2.17. The number of hydrogen-bond donors (Lipinski definition) is 1. The maximum atomic E-state index is 13.8. The smallest absolute Gasteiger partial charge is 0.323 e. The summed E-state index contributed by atoms with van der Waals surface area (Å²) in [6.07, 6.45) is 1.79. The largest absolute Gasteiger partial charge is 0.486 e. The summed E-state index contributed by atoms with van der Waals surface area (Å²) in [5.41, 5.74) is 1.35. The molecule has 0 atom stereocenters. The fourth-order valence-corrected chi connectivity index (χ4v) is 4.67. The second-order valence-corrected chi connectivity index (χ2v) is 9.48. The molecule has 0 aliphatic rings. The number of aliphatic carboxylic acids is 1. The molecule has 13 heteroatoms. The number of aryl methyl sites for hydroxylation is 1. The second-order valence-electron chi connectivity index (χ2n) is 7.69. The van der Waals surface area contributed by atoms with Gasteiger partial charge < -0.3 is 19.3 Å². The average Bonchev–Trinajstić information content (AvgIpc) is 3.52. The van der Waals surface area contributed by atoms with Crippen molar-refractivity contribution in [3.63, 3.8) is 0 Å². The first-order valence-electron chi connectivity index (χ1n) is 10.7.